The first-order valence-corrected chi connectivity index (χ1v) is 7.34. The molecule has 0 aliphatic carbocycles. The first-order chi connectivity index (χ1) is 11.5. The Kier molecular flexibility index (Phi) is 3.81. The third-order valence-electron chi connectivity index (χ3n) is 4.18. The maximum absolute atomic E-state index is 14.0. The second-order valence-corrected chi connectivity index (χ2v) is 5.61. The number of benzene rings is 1. The molecule has 0 unspecified atom stereocenters. The van der Waals surface area contributed by atoms with E-state index in [1.807, 2.05) is 12.1 Å². The Morgan fingerprint density at radius 1 is 1.17 bits per heavy atom. The van der Waals surface area contributed by atoms with Gasteiger partial charge in [-0.2, -0.15) is 5.26 Å². The molecule has 1 aliphatic rings. The summed E-state index contributed by atoms with van der Waals surface area (Å²) >= 11 is 0. The van der Waals surface area contributed by atoms with E-state index in [2.05, 4.69) is 0 Å². The van der Waals surface area contributed by atoms with Crippen molar-refractivity contribution in [3.8, 4) is 6.07 Å². The van der Waals surface area contributed by atoms with Gasteiger partial charge in [0.15, 0.2) is 5.56 Å². The fourth-order valence-corrected chi connectivity index (χ4v) is 2.93. The summed E-state index contributed by atoms with van der Waals surface area (Å²) < 4.78 is 16.1. The Labute approximate surface area is 137 Å². The van der Waals surface area contributed by atoms with Gasteiger partial charge >= 0.3 is 5.69 Å². The highest BCUT2D eigenvalue weighted by Crippen LogP contribution is 2.27. The fraction of sp³-hybridized carbons (Fsp3) is 0.235. The molecule has 0 bridgehead atoms. The topological polar surface area (TPSA) is 71.0 Å². The molecule has 2 aromatic rings. The van der Waals surface area contributed by atoms with E-state index in [-0.39, 0.29) is 17.2 Å². The van der Waals surface area contributed by atoms with Crippen molar-refractivity contribution in [1.29, 1.82) is 5.26 Å². The van der Waals surface area contributed by atoms with Gasteiger partial charge in [-0.1, -0.05) is 24.3 Å². The van der Waals surface area contributed by atoms with Crippen LogP contribution in [0, 0.1) is 17.1 Å². The molecule has 0 saturated carbocycles. The number of nitrogens with zero attached hydrogens (tertiary/aromatic N) is 4. The summed E-state index contributed by atoms with van der Waals surface area (Å²) in [7, 11) is 2.85. The third kappa shape index (κ3) is 2.33. The molecule has 0 saturated heterocycles. The fourth-order valence-electron chi connectivity index (χ4n) is 2.93. The lowest BCUT2D eigenvalue weighted by atomic mass is 10.1. The van der Waals surface area contributed by atoms with Gasteiger partial charge in [0, 0.05) is 32.7 Å². The molecule has 1 aliphatic heterocycles. The van der Waals surface area contributed by atoms with E-state index >= 15 is 0 Å². The molecule has 122 valence electrons. The highest BCUT2D eigenvalue weighted by atomic mass is 19.1. The van der Waals surface area contributed by atoms with Gasteiger partial charge < -0.3 is 4.90 Å². The third-order valence-corrected chi connectivity index (χ3v) is 4.18. The molecule has 6 nitrogen and oxygen atoms in total. The Bertz CT molecular complexity index is 1010. The van der Waals surface area contributed by atoms with Gasteiger partial charge in [0.25, 0.3) is 5.56 Å². The van der Waals surface area contributed by atoms with Crippen LogP contribution in [-0.4, -0.2) is 22.2 Å². The molecule has 0 spiro atoms. The maximum Gasteiger partial charge on any atom is 0.332 e. The van der Waals surface area contributed by atoms with Crippen LogP contribution < -0.4 is 16.1 Å². The van der Waals surface area contributed by atoms with Crippen molar-refractivity contribution in [3.63, 3.8) is 0 Å². The van der Waals surface area contributed by atoms with E-state index < -0.39 is 11.2 Å². The zero-order valence-corrected chi connectivity index (χ0v) is 13.3. The predicted octanol–water partition coefficient (Wildman–Crippen LogP) is 0.998. The number of rotatable bonds is 2. The van der Waals surface area contributed by atoms with Gasteiger partial charge in [0.1, 0.15) is 17.7 Å². The van der Waals surface area contributed by atoms with Crippen LogP contribution in [-0.2, 0) is 14.1 Å². The standard InChI is InChI=1S/C17H15FN4O2/c1-20-15(13(9-19)16(23)21(2)17(20)24)22-8-7-11(10-22)12-5-3-4-6-14(12)18/h3-7H,8,10H2,1-2H3. The number of aromatic nitrogens is 2. The van der Waals surface area contributed by atoms with Crippen LogP contribution in [0.2, 0.25) is 0 Å². The average Bonchev–Trinajstić information content (AvgIpc) is 3.05. The zero-order valence-electron chi connectivity index (χ0n) is 13.3. The van der Waals surface area contributed by atoms with E-state index in [0.29, 0.717) is 18.7 Å². The average molecular weight is 326 g/mol. The lowest BCUT2D eigenvalue weighted by Gasteiger charge is -2.23. The molecule has 0 amide bonds. The summed E-state index contributed by atoms with van der Waals surface area (Å²) in [6.45, 7) is 0.703. The van der Waals surface area contributed by atoms with Crippen molar-refractivity contribution in [2.45, 2.75) is 0 Å². The number of hydrogen-bond acceptors (Lipinski definition) is 4. The summed E-state index contributed by atoms with van der Waals surface area (Å²) in [6, 6.07) is 8.31. The molecule has 7 heteroatoms. The van der Waals surface area contributed by atoms with Crippen LogP contribution in [0.5, 0.6) is 0 Å². The second kappa shape index (κ2) is 5.81. The molecule has 3 rings (SSSR count). The summed E-state index contributed by atoms with van der Waals surface area (Å²) in [4.78, 5) is 26.1. The van der Waals surface area contributed by atoms with Gasteiger partial charge in [0.05, 0.1) is 0 Å². The van der Waals surface area contributed by atoms with E-state index in [9.17, 15) is 19.2 Å². The number of nitriles is 1. The number of hydrogen-bond donors (Lipinski definition) is 0. The molecule has 0 N–H and O–H groups in total. The predicted molar refractivity (Wildman–Crippen MR) is 88.2 cm³/mol. The molecule has 2 heterocycles. The van der Waals surface area contributed by atoms with Gasteiger partial charge in [0.2, 0.25) is 0 Å². The normalized spacial score (nSPS) is 13.8. The minimum Gasteiger partial charge on any atom is -0.349 e. The largest absolute Gasteiger partial charge is 0.349 e. The summed E-state index contributed by atoms with van der Waals surface area (Å²) in [5.41, 5.74) is 0.00326. The van der Waals surface area contributed by atoms with Crippen LogP contribution >= 0.6 is 0 Å². The van der Waals surface area contributed by atoms with Crippen molar-refractivity contribution in [3.05, 3.63) is 68.1 Å². The molecule has 24 heavy (non-hydrogen) atoms. The summed E-state index contributed by atoms with van der Waals surface area (Å²) in [5.74, 6) is -0.0721. The molecular weight excluding hydrogens is 311 g/mol. The van der Waals surface area contributed by atoms with E-state index in [4.69, 9.17) is 0 Å². The SMILES string of the molecule is Cn1c(N2CC=C(c3ccccc3F)C2)c(C#N)c(=O)n(C)c1=O. The van der Waals surface area contributed by atoms with E-state index in [1.54, 1.807) is 23.1 Å². The molecular formula is C17H15FN4O2. The molecule has 1 aromatic heterocycles. The maximum atomic E-state index is 14.0. The first kappa shape index (κ1) is 15.7. The van der Waals surface area contributed by atoms with Gasteiger partial charge in [-0.25, -0.2) is 9.18 Å². The van der Waals surface area contributed by atoms with Gasteiger partial charge in [-0.05, 0) is 11.6 Å². The lowest BCUT2D eigenvalue weighted by Crippen LogP contribution is -2.42. The van der Waals surface area contributed by atoms with Crippen LogP contribution in [0.15, 0.2) is 39.9 Å². The van der Waals surface area contributed by atoms with Crippen molar-refractivity contribution in [2.75, 3.05) is 18.0 Å². The lowest BCUT2D eigenvalue weighted by molar-refractivity contribution is 0.623. The number of halogens is 1. The zero-order chi connectivity index (χ0) is 17.4. The van der Waals surface area contributed by atoms with E-state index in [1.165, 1.54) is 24.7 Å². The van der Waals surface area contributed by atoms with Crippen molar-refractivity contribution >= 4 is 11.4 Å². The molecule has 0 atom stereocenters. The first-order valence-electron chi connectivity index (χ1n) is 7.34. The Morgan fingerprint density at radius 3 is 2.54 bits per heavy atom. The summed E-state index contributed by atoms with van der Waals surface area (Å²) in [5, 5.41) is 9.34. The highest BCUT2D eigenvalue weighted by Gasteiger charge is 2.25. The quantitative estimate of drug-likeness (QED) is 0.825. The minimum absolute atomic E-state index is 0.0946. The molecule has 1 aromatic carbocycles. The van der Waals surface area contributed by atoms with Gasteiger partial charge in [-0.3, -0.25) is 13.9 Å². The van der Waals surface area contributed by atoms with Crippen LogP contribution in [0.4, 0.5) is 10.2 Å². The Morgan fingerprint density at radius 2 is 1.88 bits per heavy atom. The van der Waals surface area contributed by atoms with Crippen LogP contribution in [0.3, 0.4) is 0 Å². The van der Waals surface area contributed by atoms with Gasteiger partial charge in [-0.15, -0.1) is 0 Å². The highest BCUT2D eigenvalue weighted by molar-refractivity contribution is 5.75. The van der Waals surface area contributed by atoms with E-state index in [0.717, 1.165) is 10.1 Å². The van der Waals surface area contributed by atoms with Crippen molar-refractivity contribution in [1.82, 2.24) is 9.13 Å². The smallest absolute Gasteiger partial charge is 0.332 e. The Balaban J connectivity index is 2.06. The van der Waals surface area contributed by atoms with Crippen molar-refractivity contribution in [2.24, 2.45) is 14.1 Å². The Hall–Kier alpha value is -3.14. The van der Waals surface area contributed by atoms with Crippen LogP contribution in [0.25, 0.3) is 5.57 Å². The second-order valence-electron chi connectivity index (χ2n) is 5.61. The summed E-state index contributed by atoms with van der Waals surface area (Å²) in [6.07, 6.45) is 1.83. The number of anilines is 1. The molecule has 0 fully saturated rings. The minimum atomic E-state index is -0.630. The van der Waals surface area contributed by atoms with Crippen molar-refractivity contribution < 1.29 is 4.39 Å². The molecule has 0 radical (unpaired) electrons. The monoisotopic (exact) mass is 326 g/mol. The van der Waals surface area contributed by atoms with Crippen LogP contribution in [0.1, 0.15) is 11.1 Å².